The Morgan fingerprint density at radius 2 is 1.69 bits per heavy atom. The minimum atomic E-state index is -0.286. The molecule has 0 atom stereocenters. The van der Waals surface area contributed by atoms with Crippen LogP contribution in [0.2, 0.25) is 0 Å². The largest absolute Gasteiger partial charge is 0.300 e. The highest BCUT2D eigenvalue weighted by Gasteiger charge is 2.04. The molecule has 0 bridgehead atoms. The van der Waals surface area contributed by atoms with Gasteiger partial charge in [0.15, 0.2) is 0 Å². The molecule has 0 aromatic heterocycles. The van der Waals surface area contributed by atoms with Crippen LogP contribution in [0, 0.1) is 11.2 Å². The fraction of sp³-hybridized carbons (Fsp3) is 0. The van der Waals surface area contributed by atoms with Crippen LogP contribution in [-0.4, -0.2) is 5.71 Å². The van der Waals surface area contributed by atoms with E-state index in [4.69, 9.17) is 5.41 Å². The first-order chi connectivity index (χ1) is 7.66. The summed E-state index contributed by atoms with van der Waals surface area (Å²) >= 11 is 3.36. The zero-order chi connectivity index (χ0) is 11.5. The summed E-state index contributed by atoms with van der Waals surface area (Å²) in [6, 6.07) is 13.4. The van der Waals surface area contributed by atoms with Crippen LogP contribution in [0.4, 0.5) is 4.39 Å². The van der Waals surface area contributed by atoms with Crippen molar-refractivity contribution in [1.29, 1.82) is 5.41 Å². The van der Waals surface area contributed by atoms with Crippen molar-refractivity contribution in [3.63, 3.8) is 0 Å². The van der Waals surface area contributed by atoms with Crippen molar-refractivity contribution >= 4 is 21.6 Å². The molecule has 1 nitrogen and oxygen atoms in total. The van der Waals surface area contributed by atoms with Gasteiger partial charge in [-0.25, -0.2) is 4.39 Å². The van der Waals surface area contributed by atoms with E-state index in [0.717, 1.165) is 10.0 Å². The lowest BCUT2D eigenvalue weighted by molar-refractivity contribution is 0.628. The molecule has 0 saturated carbocycles. The molecule has 0 aliphatic heterocycles. The first kappa shape index (κ1) is 11.0. The van der Waals surface area contributed by atoms with Gasteiger partial charge in [-0.15, -0.1) is 0 Å². The first-order valence-electron chi connectivity index (χ1n) is 4.77. The summed E-state index contributed by atoms with van der Waals surface area (Å²) in [5.41, 5.74) is 1.90. The van der Waals surface area contributed by atoms with E-state index in [1.54, 1.807) is 12.1 Å². The highest BCUT2D eigenvalue weighted by Crippen LogP contribution is 2.15. The first-order valence-corrected chi connectivity index (χ1v) is 5.56. The SMILES string of the molecule is N=C(c1ccc(F)cc1)c1cccc(Br)c1. The third-order valence-corrected chi connectivity index (χ3v) is 2.74. The molecular formula is C13H9BrFN. The number of halogens is 2. The Bertz CT molecular complexity index is 520. The monoisotopic (exact) mass is 277 g/mol. The van der Waals surface area contributed by atoms with Crippen LogP contribution in [0.25, 0.3) is 0 Å². The molecule has 1 N–H and O–H groups in total. The molecule has 0 aliphatic rings. The molecule has 0 saturated heterocycles. The van der Waals surface area contributed by atoms with E-state index >= 15 is 0 Å². The number of hydrogen-bond donors (Lipinski definition) is 1. The van der Waals surface area contributed by atoms with Crippen LogP contribution in [0.15, 0.2) is 53.0 Å². The molecule has 2 rings (SSSR count). The average Bonchev–Trinajstić information content (AvgIpc) is 2.29. The average molecular weight is 278 g/mol. The molecule has 0 heterocycles. The summed E-state index contributed by atoms with van der Waals surface area (Å²) in [6.45, 7) is 0. The second-order valence-electron chi connectivity index (χ2n) is 3.39. The fourth-order valence-corrected chi connectivity index (χ4v) is 1.83. The molecule has 80 valence electrons. The normalized spacial score (nSPS) is 10.1. The van der Waals surface area contributed by atoms with E-state index in [1.807, 2.05) is 24.3 Å². The van der Waals surface area contributed by atoms with Gasteiger partial charge >= 0.3 is 0 Å². The van der Waals surface area contributed by atoms with Gasteiger partial charge in [0, 0.05) is 15.6 Å². The maximum atomic E-state index is 12.7. The third kappa shape index (κ3) is 2.36. The van der Waals surface area contributed by atoms with Crippen molar-refractivity contribution in [3.05, 3.63) is 69.9 Å². The number of benzene rings is 2. The Kier molecular flexibility index (Phi) is 3.15. The quantitative estimate of drug-likeness (QED) is 0.803. The van der Waals surface area contributed by atoms with Gasteiger partial charge < -0.3 is 0 Å². The molecular weight excluding hydrogens is 269 g/mol. The Balaban J connectivity index is 2.35. The van der Waals surface area contributed by atoms with Crippen molar-refractivity contribution in [2.24, 2.45) is 0 Å². The number of nitrogens with one attached hydrogen (secondary N) is 1. The Labute approximate surface area is 102 Å². The maximum Gasteiger partial charge on any atom is 0.123 e. The van der Waals surface area contributed by atoms with Crippen molar-refractivity contribution in [1.82, 2.24) is 0 Å². The van der Waals surface area contributed by atoms with Gasteiger partial charge in [0.05, 0.1) is 5.71 Å². The van der Waals surface area contributed by atoms with Crippen molar-refractivity contribution in [2.45, 2.75) is 0 Å². The Morgan fingerprint density at radius 3 is 2.31 bits per heavy atom. The van der Waals surface area contributed by atoms with E-state index < -0.39 is 0 Å². The van der Waals surface area contributed by atoms with E-state index in [0.29, 0.717) is 11.3 Å². The highest BCUT2D eigenvalue weighted by molar-refractivity contribution is 9.10. The number of rotatable bonds is 2. The molecule has 0 fully saturated rings. The maximum absolute atomic E-state index is 12.7. The minimum absolute atomic E-state index is 0.286. The second kappa shape index (κ2) is 4.58. The summed E-state index contributed by atoms with van der Waals surface area (Å²) in [7, 11) is 0. The van der Waals surface area contributed by atoms with Crippen molar-refractivity contribution in [3.8, 4) is 0 Å². The highest BCUT2D eigenvalue weighted by atomic mass is 79.9. The van der Waals surface area contributed by atoms with Gasteiger partial charge in [-0.2, -0.15) is 0 Å². The van der Waals surface area contributed by atoms with Gasteiger partial charge in [-0.1, -0.05) is 28.1 Å². The summed E-state index contributed by atoms with van der Waals surface area (Å²) in [6.07, 6.45) is 0. The molecule has 16 heavy (non-hydrogen) atoms. The molecule has 2 aromatic rings. The van der Waals surface area contributed by atoms with Gasteiger partial charge in [0.25, 0.3) is 0 Å². The summed E-state index contributed by atoms with van der Waals surface area (Å²) in [5, 5.41) is 7.99. The van der Waals surface area contributed by atoms with Gasteiger partial charge in [0.2, 0.25) is 0 Å². The zero-order valence-electron chi connectivity index (χ0n) is 8.37. The molecule has 2 aromatic carbocycles. The summed E-state index contributed by atoms with van der Waals surface area (Å²) < 4.78 is 13.7. The van der Waals surface area contributed by atoms with E-state index in [1.165, 1.54) is 12.1 Å². The van der Waals surface area contributed by atoms with Crippen LogP contribution in [0.5, 0.6) is 0 Å². The molecule has 0 spiro atoms. The molecule has 3 heteroatoms. The van der Waals surface area contributed by atoms with Gasteiger partial charge in [0.1, 0.15) is 5.82 Å². The minimum Gasteiger partial charge on any atom is -0.300 e. The third-order valence-electron chi connectivity index (χ3n) is 2.25. The Morgan fingerprint density at radius 1 is 1.00 bits per heavy atom. The fourth-order valence-electron chi connectivity index (χ4n) is 1.43. The van der Waals surface area contributed by atoms with Crippen LogP contribution < -0.4 is 0 Å². The molecule has 0 amide bonds. The van der Waals surface area contributed by atoms with E-state index in [2.05, 4.69) is 15.9 Å². The van der Waals surface area contributed by atoms with Crippen molar-refractivity contribution < 1.29 is 4.39 Å². The lowest BCUT2D eigenvalue weighted by atomic mass is 10.0. The predicted molar refractivity (Wildman–Crippen MR) is 66.5 cm³/mol. The predicted octanol–water partition coefficient (Wildman–Crippen LogP) is 4.00. The van der Waals surface area contributed by atoms with Crippen LogP contribution >= 0.6 is 15.9 Å². The topological polar surface area (TPSA) is 23.9 Å². The molecule has 0 aliphatic carbocycles. The molecule has 0 radical (unpaired) electrons. The standard InChI is InChI=1S/C13H9BrFN/c14-11-3-1-2-10(8-11)13(16)9-4-6-12(15)7-5-9/h1-8,16H. The second-order valence-corrected chi connectivity index (χ2v) is 4.31. The van der Waals surface area contributed by atoms with Crippen LogP contribution in [0.3, 0.4) is 0 Å². The smallest absolute Gasteiger partial charge is 0.123 e. The zero-order valence-corrected chi connectivity index (χ0v) is 9.96. The van der Waals surface area contributed by atoms with E-state index in [9.17, 15) is 4.39 Å². The lowest BCUT2D eigenvalue weighted by Gasteiger charge is -2.04. The van der Waals surface area contributed by atoms with Crippen LogP contribution in [0.1, 0.15) is 11.1 Å². The lowest BCUT2D eigenvalue weighted by Crippen LogP contribution is -2.00. The van der Waals surface area contributed by atoms with E-state index in [-0.39, 0.29) is 5.82 Å². The van der Waals surface area contributed by atoms with Crippen molar-refractivity contribution in [2.75, 3.05) is 0 Å². The summed E-state index contributed by atoms with van der Waals surface area (Å²) in [4.78, 5) is 0. The van der Waals surface area contributed by atoms with Crippen LogP contribution in [-0.2, 0) is 0 Å². The number of hydrogen-bond acceptors (Lipinski definition) is 1. The van der Waals surface area contributed by atoms with Gasteiger partial charge in [-0.05, 0) is 36.4 Å². The Hall–Kier alpha value is -1.48. The van der Waals surface area contributed by atoms with Gasteiger partial charge in [-0.3, -0.25) is 5.41 Å². The molecule has 0 unspecified atom stereocenters. The summed E-state index contributed by atoms with van der Waals surface area (Å²) in [5.74, 6) is -0.286.